The summed E-state index contributed by atoms with van der Waals surface area (Å²) < 4.78 is 0. The Bertz CT molecular complexity index is 139. The van der Waals surface area contributed by atoms with E-state index in [0.29, 0.717) is 0 Å². The van der Waals surface area contributed by atoms with E-state index in [4.69, 9.17) is 0 Å². The second-order valence-corrected chi connectivity index (χ2v) is 4.31. The fourth-order valence-corrected chi connectivity index (χ4v) is 1.74. The van der Waals surface area contributed by atoms with E-state index in [1.165, 1.54) is 65.2 Å². The molecule has 0 heterocycles. The molecule has 16 heavy (non-hydrogen) atoms. The average molecular weight is 405 g/mol. The molecule has 3 heteroatoms. The van der Waals surface area contributed by atoms with Gasteiger partial charge in [-0.15, -0.1) is 17.9 Å². The minimum Gasteiger partial charge on any atom is -0.876 e. The zero-order valence-corrected chi connectivity index (χ0v) is 12.9. The topological polar surface area (TPSA) is 46.1 Å². The maximum Gasteiger partial charge on any atom is 0 e. The van der Waals surface area contributed by atoms with Crippen molar-refractivity contribution < 1.29 is 30.3 Å². The van der Waals surface area contributed by atoms with E-state index in [-0.39, 0.29) is 25.9 Å². The molecule has 0 bridgehead atoms. The van der Waals surface area contributed by atoms with E-state index < -0.39 is 6.10 Å². The summed E-state index contributed by atoms with van der Waals surface area (Å²) in [6.07, 6.45) is 12.3. The van der Waals surface area contributed by atoms with Crippen molar-refractivity contribution in [3.63, 3.8) is 0 Å². The molecule has 0 saturated heterocycles. The summed E-state index contributed by atoms with van der Waals surface area (Å²) >= 11 is 0. The molecule has 1 atom stereocenters. The molecule has 0 N–H and O–H groups in total. The van der Waals surface area contributed by atoms with Gasteiger partial charge in [0.2, 0.25) is 0 Å². The Morgan fingerprint density at radius 3 is 1.25 bits per heavy atom. The summed E-state index contributed by atoms with van der Waals surface area (Å²) in [4.78, 5) is 0. The maximum atomic E-state index is 10.1. The minimum absolute atomic E-state index is 0. The number of rotatable bonds is 1. The summed E-state index contributed by atoms with van der Waals surface area (Å²) in [5.74, 6) is -0.150. The molecule has 99 valence electrons. The third kappa shape index (κ3) is 16.6. The van der Waals surface area contributed by atoms with E-state index in [2.05, 4.69) is 0 Å². The standard InChI is InChI=1S/C8H16.C5H9O2.Ir/c1-2-4-6-8-7-5-3-1;1-4(6)3-5(2)7;/h1-8H2;3-4,7H,1-2H3;/q;-1;/p-1/b;5-3-;. The van der Waals surface area contributed by atoms with E-state index in [1.807, 2.05) is 0 Å². The molecule has 0 spiro atoms. The Hall–Kier alpha value is 0.149. The molecule has 1 fully saturated rings. The molecular weight excluding hydrogens is 380 g/mol. The fourth-order valence-electron chi connectivity index (χ4n) is 1.74. The van der Waals surface area contributed by atoms with Crippen LogP contribution in [0, 0.1) is 0 Å². The Balaban J connectivity index is 0. The Morgan fingerprint density at radius 1 is 0.938 bits per heavy atom. The van der Waals surface area contributed by atoms with Crippen LogP contribution in [0.25, 0.3) is 0 Å². The number of allylic oxidation sites excluding steroid dienone is 1. The predicted octanol–water partition coefficient (Wildman–Crippen LogP) is 2.12. The molecule has 0 amide bonds. The second-order valence-electron chi connectivity index (χ2n) is 4.31. The van der Waals surface area contributed by atoms with Crippen molar-refractivity contribution in [2.45, 2.75) is 71.3 Å². The molecule has 1 aliphatic rings. The van der Waals surface area contributed by atoms with E-state index >= 15 is 0 Å². The van der Waals surface area contributed by atoms with Gasteiger partial charge in [-0.1, -0.05) is 65.2 Å². The second kappa shape index (κ2) is 13.2. The summed E-state index contributed by atoms with van der Waals surface area (Å²) in [5, 5.41) is 20.1. The normalized spacial score (nSPS) is 19.3. The van der Waals surface area contributed by atoms with Gasteiger partial charge in [-0.05, 0) is 0 Å². The number of hydrogen-bond donors (Lipinski definition) is 0. The van der Waals surface area contributed by atoms with Crippen LogP contribution in [0.2, 0.25) is 0 Å². The molecule has 1 saturated carbocycles. The van der Waals surface area contributed by atoms with E-state index in [1.54, 1.807) is 0 Å². The van der Waals surface area contributed by atoms with Gasteiger partial charge in [0.25, 0.3) is 0 Å². The average Bonchev–Trinajstić information content (AvgIpc) is 1.99. The minimum atomic E-state index is -0.850. The zero-order chi connectivity index (χ0) is 11.5. The molecule has 1 aliphatic carbocycles. The molecule has 1 unspecified atom stereocenters. The van der Waals surface area contributed by atoms with Crippen LogP contribution in [0.1, 0.15) is 65.2 Å². The van der Waals surface area contributed by atoms with Crippen molar-refractivity contribution in [3.05, 3.63) is 11.8 Å². The summed E-state index contributed by atoms with van der Waals surface area (Å²) in [5.41, 5.74) is 0. The van der Waals surface area contributed by atoms with Crippen molar-refractivity contribution >= 4 is 0 Å². The third-order valence-electron chi connectivity index (χ3n) is 2.47. The van der Waals surface area contributed by atoms with E-state index in [9.17, 15) is 10.2 Å². The fraction of sp³-hybridized carbons (Fsp3) is 0.846. The molecule has 0 aliphatic heterocycles. The first kappa shape index (κ1) is 18.5. The molecule has 0 aromatic heterocycles. The predicted molar refractivity (Wildman–Crippen MR) is 60.2 cm³/mol. The Labute approximate surface area is 113 Å². The van der Waals surface area contributed by atoms with Crippen molar-refractivity contribution in [2.24, 2.45) is 0 Å². The molecule has 0 aromatic rings. The van der Waals surface area contributed by atoms with Crippen LogP contribution in [0.4, 0.5) is 0 Å². The van der Waals surface area contributed by atoms with Crippen LogP contribution in [0.3, 0.4) is 0 Å². The van der Waals surface area contributed by atoms with E-state index in [0.717, 1.165) is 6.08 Å². The summed E-state index contributed by atoms with van der Waals surface area (Å²) in [7, 11) is 0. The van der Waals surface area contributed by atoms with Gasteiger partial charge < -0.3 is 10.2 Å². The van der Waals surface area contributed by atoms with Gasteiger partial charge in [0.05, 0.1) is 0 Å². The Kier molecular flexibility index (Phi) is 15.3. The first-order chi connectivity index (χ1) is 7.13. The van der Waals surface area contributed by atoms with Gasteiger partial charge in [0.15, 0.2) is 0 Å². The quantitative estimate of drug-likeness (QED) is 0.629. The monoisotopic (exact) mass is 405 g/mol. The van der Waals surface area contributed by atoms with Crippen molar-refractivity contribution in [2.75, 3.05) is 0 Å². The Morgan fingerprint density at radius 2 is 1.19 bits per heavy atom. The molecule has 1 radical (unpaired) electrons. The molecule has 0 aromatic carbocycles. The van der Waals surface area contributed by atoms with Crippen LogP contribution in [-0.4, -0.2) is 6.10 Å². The largest absolute Gasteiger partial charge is 0.876 e. The van der Waals surface area contributed by atoms with Crippen molar-refractivity contribution in [1.29, 1.82) is 0 Å². The molecule has 1 rings (SSSR count). The maximum absolute atomic E-state index is 10.1. The number of hydrogen-bond acceptors (Lipinski definition) is 2. The first-order valence-corrected chi connectivity index (χ1v) is 6.14. The van der Waals surface area contributed by atoms with Gasteiger partial charge in [-0.2, -0.15) is 0 Å². The van der Waals surface area contributed by atoms with Crippen LogP contribution in [-0.2, 0) is 20.1 Å². The summed E-state index contributed by atoms with van der Waals surface area (Å²) in [6.45, 7) is 2.80. The van der Waals surface area contributed by atoms with Gasteiger partial charge >= 0.3 is 0 Å². The SMILES string of the molecule is C/C([O-])=C/C(C)[O-].C1CCCCCCC1.[Ir]. The van der Waals surface area contributed by atoms with Crippen LogP contribution >= 0.6 is 0 Å². The van der Waals surface area contributed by atoms with Crippen LogP contribution in [0.5, 0.6) is 0 Å². The van der Waals surface area contributed by atoms with Gasteiger partial charge in [-0.25, -0.2) is 0 Å². The molecular formula is C13H24IrO2-2. The smallest absolute Gasteiger partial charge is 0 e. The molecule has 2 nitrogen and oxygen atoms in total. The van der Waals surface area contributed by atoms with Crippen molar-refractivity contribution in [3.8, 4) is 0 Å². The van der Waals surface area contributed by atoms with Crippen molar-refractivity contribution in [1.82, 2.24) is 0 Å². The zero-order valence-electron chi connectivity index (χ0n) is 10.5. The van der Waals surface area contributed by atoms with Gasteiger partial charge in [0, 0.05) is 20.1 Å². The van der Waals surface area contributed by atoms with Crippen LogP contribution in [0.15, 0.2) is 11.8 Å². The summed E-state index contributed by atoms with van der Waals surface area (Å²) in [6, 6.07) is 0. The third-order valence-corrected chi connectivity index (χ3v) is 2.47. The van der Waals surface area contributed by atoms with Gasteiger partial charge in [-0.3, -0.25) is 0 Å². The first-order valence-electron chi connectivity index (χ1n) is 6.14. The van der Waals surface area contributed by atoms with Crippen LogP contribution < -0.4 is 10.2 Å². The van der Waals surface area contributed by atoms with Gasteiger partial charge in [0.1, 0.15) is 0 Å².